The number of nitriles is 1. The van der Waals surface area contributed by atoms with Crippen molar-refractivity contribution in [2.75, 3.05) is 0 Å². The molecule has 0 aliphatic carbocycles. The Morgan fingerprint density at radius 1 is 1.46 bits per heavy atom. The molecule has 1 aromatic carbocycles. The van der Waals surface area contributed by atoms with Crippen LogP contribution in [0.25, 0.3) is 0 Å². The second-order valence-corrected chi connectivity index (χ2v) is 3.86. The molecule has 2 N–H and O–H groups in total. The minimum atomic E-state index is -0.847. The average molecular weight is 239 g/mol. The van der Waals surface area contributed by atoms with E-state index in [2.05, 4.69) is 22.0 Å². The Kier molecular flexibility index (Phi) is 3.07. The van der Waals surface area contributed by atoms with Crippen molar-refractivity contribution in [3.63, 3.8) is 0 Å². The SMILES string of the molecule is CCC(N)(C#N)c1ccc(Br)cc1. The third-order valence-electron chi connectivity index (χ3n) is 2.12. The maximum absolute atomic E-state index is 8.92. The van der Waals surface area contributed by atoms with Gasteiger partial charge in [0, 0.05) is 4.47 Å². The van der Waals surface area contributed by atoms with Gasteiger partial charge >= 0.3 is 0 Å². The van der Waals surface area contributed by atoms with E-state index < -0.39 is 5.54 Å². The van der Waals surface area contributed by atoms with Gasteiger partial charge in [0.25, 0.3) is 0 Å². The van der Waals surface area contributed by atoms with Crippen LogP contribution < -0.4 is 5.73 Å². The van der Waals surface area contributed by atoms with Crippen molar-refractivity contribution < 1.29 is 0 Å². The van der Waals surface area contributed by atoms with Crippen molar-refractivity contribution >= 4 is 15.9 Å². The smallest absolute Gasteiger partial charge is 0.129 e. The van der Waals surface area contributed by atoms with E-state index in [1.807, 2.05) is 31.2 Å². The molecule has 0 amide bonds. The van der Waals surface area contributed by atoms with Gasteiger partial charge in [-0.25, -0.2) is 0 Å². The highest BCUT2D eigenvalue weighted by Crippen LogP contribution is 2.22. The summed E-state index contributed by atoms with van der Waals surface area (Å²) in [6.45, 7) is 1.91. The van der Waals surface area contributed by atoms with Crippen molar-refractivity contribution in [1.82, 2.24) is 0 Å². The summed E-state index contributed by atoms with van der Waals surface area (Å²) in [7, 11) is 0. The van der Waals surface area contributed by atoms with E-state index in [4.69, 9.17) is 11.0 Å². The summed E-state index contributed by atoms with van der Waals surface area (Å²) in [5.74, 6) is 0. The van der Waals surface area contributed by atoms with Crippen molar-refractivity contribution in [3.8, 4) is 6.07 Å². The number of hydrogen-bond donors (Lipinski definition) is 1. The van der Waals surface area contributed by atoms with Crippen LogP contribution >= 0.6 is 15.9 Å². The molecule has 0 spiro atoms. The van der Waals surface area contributed by atoms with E-state index in [-0.39, 0.29) is 0 Å². The van der Waals surface area contributed by atoms with Crippen LogP contribution in [0.4, 0.5) is 0 Å². The summed E-state index contributed by atoms with van der Waals surface area (Å²) < 4.78 is 0.993. The zero-order valence-electron chi connectivity index (χ0n) is 7.42. The van der Waals surface area contributed by atoms with Crippen LogP contribution in [0, 0.1) is 11.3 Å². The lowest BCUT2D eigenvalue weighted by atomic mass is 9.90. The van der Waals surface area contributed by atoms with Crippen molar-refractivity contribution in [2.24, 2.45) is 5.73 Å². The van der Waals surface area contributed by atoms with Crippen LogP contribution in [0.3, 0.4) is 0 Å². The molecule has 0 fully saturated rings. The summed E-state index contributed by atoms with van der Waals surface area (Å²) in [6.07, 6.45) is 0.616. The largest absolute Gasteiger partial charge is 0.310 e. The van der Waals surface area contributed by atoms with E-state index in [1.165, 1.54) is 0 Å². The summed E-state index contributed by atoms with van der Waals surface area (Å²) in [6, 6.07) is 9.66. The van der Waals surface area contributed by atoms with Gasteiger partial charge < -0.3 is 5.73 Å². The first kappa shape index (κ1) is 10.2. The first-order chi connectivity index (χ1) is 6.12. The van der Waals surface area contributed by atoms with Gasteiger partial charge in [-0.2, -0.15) is 5.26 Å². The van der Waals surface area contributed by atoms with Crippen molar-refractivity contribution in [2.45, 2.75) is 18.9 Å². The monoisotopic (exact) mass is 238 g/mol. The van der Waals surface area contributed by atoms with Crippen LogP contribution in [0.15, 0.2) is 28.7 Å². The topological polar surface area (TPSA) is 49.8 Å². The fraction of sp³-hybridized carbons (Fsp3) is 0.300. The van der Waals surface area contributed by atoms with Crippen LogP contribution in [0.5, 0.6) is 0 Å². The highest BCUT2D eigenvalue weighted by Gasteiger charge is 2.24. The molecule has 2 nitrogen and oxygen atoms in total. The molecule has 13 heavy (non-hydrogen) atoms. The third kappa shape index (κ3) is 2.09. The number of hydrogen-bond acceptors (Lipinski definition) is 2. The van der Waals surface area contributed by atoms with Crippen LogP contribution in [0.2, 0.25) is 0 Å². The van der Waals surface area contributed by atoms with Crippen molar-refractivity contribution in [1.29, 1.82) is 5.26 Å². The molecule has 0 heterocycles. The van der Waals surface area contributed by atoms with Crippen molar-refractivity contribution in [3.05, 3.63) is 34.3 Å². The van der Waals surface area contributed by atoms with E-state index in [0.29, 0.717) is 6.42 Å². The molecule has 0 bridgehead atoms. The Morgan fingerprint density at radius 2 is 2.00 bits per heavy atom. The third-order valence-corrected chi connectivity index (χ3v) is 2.65. The molecule has 68 valence electrons. The van der Waals surface area contributed by atoms with Gasteiger partial charge in [0.05, 0.1) is 6.07 Å². The highest BCUT2D eigenvalue weighted by atomic mass is 79.9. The molecule has 0 aromatic heterocycles. The van der Waals surface area contributed by atoms with Gasteiger partial charge in [-0.05, 0) is 24.1 Å². The number of rotatable bonds is 2. The maximum Gasteiger partial charge on any atom is 0.129 e. The molecule has 0 saturated heterocycles. The Morgan fingerprint density at radius 3 is 2.38 bits per heavy atom. The summed E-state index contributed by atoms with van der Waals surface area (Å²) in [5, 5.41) is 8.92. The molecule has 0 aliphatic rings. The lowest BCUT2D eigenvalue weighted by Gasteiger charge is -2.19. The molecule has 0 radical (unpaired) electrons. The van der Waals surface area contributed by atoms with E-state index in [0.717, 1.165) is 10.0 Å². The molecule has 0 aliphatic heterocycles. The predicted molar refractivity (Wildman–Crippen MR) is 55.9 cm³/mol. The summed E-state index contributed by atoms with van der Waals surface area (Å²) in [5.41, 5.74) is 5.91. The number of benzene rings is 1. The Balaban J connectivity index is 3.08. The fourth-order valence-electron chi connectivity index (χ4n) is 1.10. The second-order valence-electron chi connectivity index (χ2n) is 2.94. The zero-order chi connectivity index (χ0) is 9.90. The van der Waals surface area contributed by atoms with Crippen LogP contribution in [0.1, 0.15) is 18.9 Å². The minimum absolute atomic E-state index is 0.616. The molecule has 1 rings (SSSR count). The molecule has 1 atom stereocenters. The predicted octanol–water partition coefficient (Wildman–Crippen LogP) is 2.54. The van der Waals surface area contributed by atoms with E-state index in [9.17, 15) is 0 Å². The van der Waals surface area contributed by atoms with Gasteiger partial charge in [-0.3, -0.25) is 0 Å². The lowest BCUT2D eigenvalue weighted by Crippen LogP contribution is -2.33. The van der Waals surface area contributed by atoms with Crippen LogP contribution in [-0.4, -0.2) is 0 Å². The molecule has 3 heteroatoms. The number of halogens is 1. The molecule has 1 unspecified atom stereocenters. The first-order valence-electron chi connectivity index (χ1n) is 4.08. The van der Waals surface area contributed by atoms with E-state index >= 15 is 0 Å². The zero-order valence-corrected chi connectivity index (χ0v) is 9.01. The lowest BCUT2D eigenvalue weighted by molar-refractivity contribution is 0.555. The molecule has 1 aromatic rings. The van der Waals surface area contributed by atoms with Gasteiger partial charge in [0.2, 0.25) is 0 Å². The van der Waals surface area contributed by atoms with Gasteiger partial charge in [0.15, 0.2) is 0 Å². The van der Waals surface area contributed by atoms with Gasteiger partial charge in [-0.15, -0.1) is 0 Å². The Labute approximate surface area is 86.5 Å². The normalized spacial score (nSPS) is 14.6. The molecular weight excluding hydrogens is 228 g/mol. The standard InChI is InChI=1S/C10H11BrN2/c1-2-10(13,7-12)8-3-5-9(11)6-4-8/h3-6H,2,13H2,1H3. The quantitative estimate of drug-likeness (QED) is 0.862. The molecule has 0 saturated carbocycles. The Hall–Kier alpha value is -0.850. The maximum atomic E-state index is 8.92. The summed E-state index contributed by atoms with van der Waals surface area (Å²) in [4.78, 5) is 0. The minimum Gasteiger partial charge on any atom is -0.310 e. The van der Waals surface area contributed by atoms with Gasteiger partial charge in [0.1, 0.15) is 5.54 Å². The van der Waals surface area contributed by atoms with E-state index in [1.54, 1.807) is 0 Å². The first-order valence-corrected chi connectivity index (χ1v) is 4.88. The summed E-state index contributed by atoms with van der Waals surface area (Å²) >= 11 is 3.33. The number of nitrogens with two attached hydrogens (primary N) is 1. The molecular formula is C10H11BrN2. The second kappa shape index (κ2) is 3.91. The Bertz CT molecular complexity index is 326. The van der Waals surface area contributed by atoms with Crippen LogP contribution in [-0.2, 0) is 5.54 Å². The van der Waals surface area contributed by atoms with Gasteiger partial charge in [-0.1, -0.05) is 35.0 Å². The number of nitrogens with zero attached hydrogens (tertiary/aromatic N) is 1. The average Bonchev–Trinajstić information content (AvgIpc) is 2.18. The fourth-order valence-corrected chi connectivity index (χ4v) is 1.36. The highest BCUT2D eigenvalue weighted by molar-refractivity contribution is 9.10.